The van der Waals surface area contributed by atoms with Crippen molar-refractivity contribution in [2.75, 3.05) is 13.2 Å². The molecule has 10 heteroatoms. The van der Waals surface area contributed by atoms with Crippen LogP contribution in [-0.2, 0) is 9.47 Å². The fourth-order valence-electron chi connectivity index (χ4n) is 4.64. The molecule has 2 aromatic rings. The predicted octanol–water partition coefficient (Wildman–Crippen LogP) is 4.56. The van der Waals surface area contributed by atoms with Crippen LogP contribution in [0.1, 0.15) is 75.3 Å². The van der Waals surface area contributed by atoms with Gasteiger partial charge >= 0.3 is 12.1 Å². The van der Waals surface area contributed by atoms with Crippen LogP contribution in [-0.4, -0.2) is 57.5 Å². The van der Waals surface area contributed by atoms with Crippen molar-refractivity contribution in [3.05, 3.63) is 51.3 Å². The van der Waals surface area contributed by atoms with Gasteiger partial charge in [-0.15, -0.1) is 0 Å². The van der Waals surface area contributed by atoms with Gasteiger partial charge < -0.3 is 24.0 Å². The van der Waals surface area contributed by atoms with E-state index in [0.29, 0.717) is 13.0 Å². The van der Waals surface area contributed by atoms with Crippen molar-refractivity contribution >= 4 is 29.0 Å². The molecule has 8 nitrogen and oxygen atoms in total. The lowest BCUT2D eigenvalue weighted by atomic mass is 10.0. The zero-order valence-electron chi connectivity index (χ0n) is 21.4. The van der Waals surface area contributed by atoms with E-state index in [2.05, 4.69) is 0 Å². The fraction of sp³-hybridized carbons (Fsp3) is 0.519. The molecule has 1 aromatic carbocycles. The van der Waals surface area contributed by atoms with E-state index in [0.717, 1.165) is 18.9 Å². The van der Waals surface area contributed by atoms with Crippen LogP contribution in [0.2, 0.25) is 0 Å². The maximum atomic E-state index is 15.1. The highest BCUT2D eigenvalue weighted by atomic mass is 19.2. The zero-order chi connectivity index (χ0) is 27.1. The Morgan fingerprint density at radius 3 is 2.54 bits per heavy atom. The average molecular weight is 519 g/mol. The molecule has 1 N–H and O–H groups in total. The Hall–Kier alpha value is -3.27. The molecule has 1 aliphatic carbocycles. The molecular weight excluding hydrogens is 486 g/mol. The Balaban J connectivity index is 1.73. The summed E-state index contributed by atoms with van der Waals surface area (Å²) in [4.78, 5) is 39.5. The number of benzene rings is 1. The Morgan fingerprint density at radius 1 is 1.22 bits per heavy atom. The summed E-state index contributed by atoms with van der Waals surface area (Å²) >= 11 is 0. The minimum absolute atomic E-state index is 0.0624. The van der Waals surface area contributed by atoms with Crippen LogP contribution in [0.5, 0.6) is 0 Å². The normalized spacial score (nSPS) is 20.1. The lowest BCUT2D eigenvalue weighted by Crippen LogP contribution is -2.42. The van der Waals surface area contributed by atoms with Gasteiger partial charge in [-0.1, -0.05) is 12.2 Å². The predicted molar refractivity (Wildman–Crippen MR) is 133 cm³/mol. The van der Waals surface area contributed by atoms with Crippen molar-refractivity contribution in [1.29, 1.82) is 0 Å². The third-order valence-corrected chi connectivity index (χ3v) is 6.48. The van der Waals surface area contributed by atoms with Gasteiger partial charge in [0.05, 0.1) is 29.7 Å². The number of amides is 1. The molecule has 2 fully saturated rings. The number of pyridine rings is 1. The van der Waals surface area contributed by atoms with E-state index in [1.54, 1.807) is 38.3 Å². The molecule has 1 saturated heterocycles. The highest BCUT2D eigenvalue weighted by molar-refractivity contribution is 5.96. The minimum Gasteiger partial charge on any atom is -0.462 e. The molecule has 1 aliphatic heterocycles. The molecule has 0 spiro atoms. The number of carbonyl (C=O) groups is 2. The van der Waals surface area contributed by atoms with E-state index in [-0.39, 0.29) is 41.1 Å². The number of fused-ring (bicyclic) bond motifs is 1. The van der Waals surface area contributed by atoms with Gasteiger partial charge in [0.1, 0.15) is 11.2 Å². The number of rotatable bonds is 6. The summed E-state index contributed by atoms with van der Waals surface area (Å²) < 4.78 is 41.8. The maximum absolute atomic E-state index is 15.1. The summed E-state index contributed by atoms with van der Waals surface area (Å²) in [5.41, 5.74) is -1.62. The summed E-state index contributed by atoms with van der Waals surface area (Å²) in [5, 5.41) is 10.3. The van der Waals surface area contributed by atoms with Gasteiger partial charge in [-0.2, -0.15) is 0 Å². The standard InChI is InChI=1S/C27H32F2N2O6/c1-5-36-25(34)18-14-31(15-9-10-15)23-16(22(29)19(28)13-17(23)24(18)33)7-6-8-20-21(32)11-12-30(20)26(35)37-27(2,3)4/h6-7,13-15,20-21,32H,5,8-12H2,1-4H3/b7-6-/t20-,21-/m1/s1. The minimum atomic E-state index is -1.22. The summed E-state index contributed by atoms with van der Waals surface area (Å²) in [6, 6.07) is 0.152. The second-order valence-electron chi connectivity index (χ2n) is 10.4. The van der Waals surface area contributed by atoms with Crippen molar-refractivity contribution < 1.29 is 33.0 Å². The van der Waals surface area contributed by atoms with Crippen LogP contribution in [0.4, 0.5) is 13.6 Å². The number of hydrogen-bond donors (Lipinski definition) is 1. The first-order chi connectivity index (χ1) is 17.4. The molecule has 2 atom stereocenters. The number of likely N-dealkylation sites (tertiary alicyclic amines) is 1. The number of aromatic nitrogens is 1. The summed E-state index contributed by atoms with van der Waals surface area (Å²) in [7, 11) is 0. The number of esters is 1. The van der Waals surface area contributed by atoms with Crippen LogP contribution in [0.15, 0.2) is 23.1 Å². The van der Waals surface area contributed by atoms with Crippen molar-refractivity contribution in [3.63, 3.8) is 0 Å². The monoisotopic (exact) mass is 518 g/mol. The van der Waals surface area contributed by atoms with E-state index >= 15 is 4.39 Å². The van der Waals surface area contributed by atoms with E-state index in [9.17, 15) is 23.9 Å². The first kappa shape index (κ1) is 26.8. The second-order valence-corrected chi connectivity index (χ2v) is 10.4. The number of nitrogens with zero attached hydrogens (tertiary/aromatic N) is 2. The fourth-order valence-corrected chi connectivity index (χ4v) is 4.64. The van der Waals surface area contributed by atoms with Crippen molar-refractivity contribution in [2.24, 2.45) is 0 Å². The van der Waals surface area contributed by atoms with E-state index < -0.39 is 46.9 Å². The van der Waals surface area contributed by atoms with Crippen LogP contribution >= 0.6 is 0 Å². The summed E-state index contributed by atoms with van der Waals surface area (Å²) in [5.74, 6) is -3.16. The van der Waals surface area contributed by atoms with Crippen LogP contribution in [0.25, 0.3) is 17.0 Å². The highest BCUT2D eigenvalue weighted by Crippen LogP contribution is 2.39. The van der Waals surface area contributed by atoms with Gasteiger partial charge in [-0.25, -0.2) is 18.4 Å². The molecule has 0 unspecified atom stereocenters. The molecule has 37 heavy (non-hydrogen) atoms. The Morgan fingerprint density at radius 2 is 1.92 bits per heavy atom. The smallest absolute Gasteiger partial charge is 0.410 e. The highest BCUT2D eigenvalue weighted by Gasteiger charge is 2.37. The maximum Gasteiger partial charge on any atom is 0.410 e. The molecule has 2 aliphatic rings. The molecule has 0 radical (unpaired) electrons. The van der Waals surface area contributed by atoms with Crippen LogP contribution < -0.4 is 5.43 Å². The van der Waals surface area contributed by atoms with Gasteiger partial charge in [-0.3, -0.25) is 4.79 Å². The van der Waals surface area contributed by atoms with Crippen molar-refractivity contribution in [3.8, 4) is 0 Å². The van der Waals surface area contributed by atoms with Crippen molar-refractivity contribution in [2.45, 2.75) is 77.2 Å². The van der Waals surface area contributed by atoms with Gasteiger partial charge in [0.15, 0.2) is 11.6 Å². The lowest BCUT2D eigenvalue weighted by Gasteiger charge is -2.29. The summed E-state index contributed by atoms with van der Waals surface area (Å²) in [6.45, 7) is 7.23. The summed E-state index contributed by atoms with van der Waals surface area (Å²) in [6.07, 6.45) is 4.97. The van der Waals surface area contributed by atoms with Crippen LogP contribution in [0, 0.1) is 11.6 Å². The molecule has 1 saturated carbocycles. The number of carbonyl (C=O) groups excluding carboxylic acids is 2. The molecule has 4 rings (SSSR count). The average Bonchev–Trinajstić information content (AvgIpc) is 3.59. The van der Waals surface area contributed by atoms with Gasteiger partial charge in [0, 0.05) is 24.3 Å². The number of hydrogen-bond acceptors (Lipinski definition) is 6. The van der Waals surface area contributed by atoms with Gasteiger partial charge in [0.2, 0.25) is 5.43 Å². The van der Waals surface area contributed by atoms with E-state index in [1.165, 1.54) is 17.2 Å². The molecule has 1 aromatic heterocycles. The van der Waals surface area contributed by atoms with Gasteiger partial charge in [0.25, 0.3) is 0 Å². The first-order valence-corrected chi connectivity index (χ1v) is 12.5. The van der Waals surface area contributed by atoms with E-state index in [4.69, 9.17) is 9.47 Å². The Kier molecular flexibility index (Phi) is 7.41. The number of halogens is 2. The van der Waals surface area contributed by atoms with Gasteiger partial charge in [-0.05, 0) is 59.4 Å². The molecular formula is C27H32F2N2O6. The lowest BCUT2D eigenvalue weighted by molar-refractivity contribution is 0.0159. The number of aliphatic hydroxyl groups excluding tert-OH is 1. The third-order valence-electron chi connectivity index (χ3n) is 6.48. The van der Waals surface area contributed by atoms with Crippen molar-refractivity contribution in [1.82, 2.24) is 9.47 Å². The Bertz CT molecular complexity index is 1310. The third kappa shape index (κ3) is 5.53. The molecule has 1 amide bonds. The van der Waals surface area contributed by atoms with Crippen LogP contribution in [0.3, 0.4) is 0 Å². The zero-order valence-corrected chi connectivity index (χ0v) is 21.4. The quantitative estimate of drug-likeness (QED) is 0.563. The largest absolute Gasteiger partial charge is 0.462 e. The SMILES string of the molecule is CCOC(=O)c1cn(C2CC2)c2c(/C=C\C[C@@H]3[C@H](O)CCN3C(=O)OC(C)(C)C)c(F)c(F)cc2c1=O. The number of ether oxygens (including phenoxy) is 2. The Labute approximate surface area is 213 Å². The molecule has 0 bridgehead atoms. The molecule has 200 valence electrons. The molecule has 2 heterocycles. The van der Waals surface area contributed by atoms with E-state index in [1.807, 2.05) is 0 Å². The second kappa shape index (κ2) is 10.2. The topological polar surface area (TPSA) is 98.1 Å². The first-order valence-electron chi connectivity index (χ1n) is 12.5. The number of aliphatic hydroxyl groups is 1.